The molecule has 1 aromatic carbocycles. The fourth-order valence-electron chi connectivity index (χ4n) is 2.63. The third-order valence-corrected chi connectivity index (χ3v) is 3.98. The number of carboxylic acid groups (broad SMARTS) is 1. The van der Waals surface area contributed by atoms with E-state index in [0.29, 0.717) is 0 Å². The summed E-state index contributed by atoms with van der Waals surface area (Å²) in [5.41, 5.74) is 6.95. The summed E-state index contributed by atoms with van der Waals surface area (Å²) >= 11 is 0. The number of hydrogen-bond acceptors (Lipinski definition) is 5. The zero-order valence-corrected chi connectivity index (χ0v) is 14.2. The Morgan fingerprint density at radius 3 is 2.54 bits per heavy atom. The first kappa shape index (κ1) is 19.4. The van der Waals surface area contributed by atoms with E-state index in [2.05, 4.69) is 15.6 Å². The lowest BCUT2D eigenvalue weighted by atomic mass is 10.0. The molecule has 0 unspecified atom stereocenters. The first-order valence-corrected chi connectivity index (χ1v) is 8.09. The lowest BCUT2D eigenvalue weighted by Crippen LogP contribution is -2.56. The maximum Gasteiger partial charge on any atom is 0.328 e. The number of aromatic amines is 1. The number of hydrogen-bond donors (Lipinski definition) is 6. The summed E-state index contributed by atoms with van der Waals surface area (Å²) in [4.78, 5) is 38.5. The van der Waals surface area contributed by atoms with E-state index in [1.54, 1.807) is 6.20 Å². The van der Waals surface area contributed by atoms with E-state index in [4.69, 9.17) is 10.8 Å². The maximum atomic E-state index is 12.5. The van der Waals surface area contributed by atoms with Crippen molar-refractivity contribution in [3.05, 3.63) is 36.0 Å². The summed E-state index contributed by atoms with van der Waals surface area (Å²) in [5.74, 6) is -2.64. The maximum absolute atomic E-state index is 12.5. The highest BCUT2D eigenvalue weighted by molar-refractivity contribution is 5.92. The SMILES string of the molecule is C[C@@H](O)[C@H](NC(=O)[C@H](Cc1c[nH]c2ccccc12)NC(=O)CN)C(=O)O. The van der Waals surface area contributed by atoms with Crippen molar-refractivity contribution in [2.75, 3.05) is 6.54 Å². The summed E-state index contributed by atoms with van der Waals surface area (Å²) in [6.07, 6.45) is 0.562. The van der Waals surface area contributed by atoms with Crippen LogP contribution in [0.4, 0.5) is 0 Å². The number of H-pyrrole nitrogens is 1. The number of para-hydroxylation sites is 1. The van der Waals surface area contributed by atoms with E-state index < -0.39 is 36.0 Å². The van der Waals surface area contributed by atoms with Crippen LogP contribution in [0.5, 0.6) is 0 Å². The number of carbonyl (C=O) groups is 3. The van der Waals surface area contributed by atoms with Crippen molar-refractivity contribution in [3.63, 3.8) is 0 Å². The molecule has 0 aliphatic heterocycles. The van der Waals surface area contributed by atoms with Crippen LogP contribution >= 0.6 is 0 Å². The van der Waals surface area contributed by atoms with Gasteiger partial charge >= 0.3 is 5.97 Å². The molecule has 0 aliphatic rings. The molecule has 0 aliphatic carbocycles. The molecule has 1 heterocycles. The summed E-state index contributed by atoms with van der Waals surface area (Å²) in [5, 5.41) is 24.3. The molecule has 9 heteroatoms. The fraction of sp³-hybridized carbons (Fsp3) is 0.353. The Hall–Kier alpha value is -2.91. The average Bonchev–Trinajstić information content (AvgIpc) is 3.01. The molecule has 0 saturated carbocycles. The molecule has 7 N–H and O–H groups in total. The molecular weight excluding hydrogens is 340 g/mol. The quantitative estimate of drug-likeness (QED) is 0.357. The Morgan fingerprint density at radius 1 is 1.23 bits per heavy atom. The Labute approximate surface area is 149 Å². The molecule has 3 atom stereocenters. The topological polar surface area (TPSA) is 158 Å². The number of aliphatic carboxylic acids is 1. The zero-order chi connectivity index (χ0) is 19.3. The normalized spacial score (nSPS) is 14.4. The molecule has 0 fully saturated rings. The summed E-state index contributed by atoms with van der Waals surface area (Å²) < 4.78 is 0. The molecule has 0 radical (unpaired) electrons. The second-order valence-electron chi connectivity index (χ2n) is 5.95. The highest BCUT2D eigenvalue weighted by Crippen LogP contribution is 2.19. The Kier molecular flexibility index (Phi) is 6.31. The lowest BCUT2D eigenvalue weighted by Gasteiger charge is -2.22. The van der Waals surface area contributed by atoms with Gasteiger partial charge < -0.3 is 31.6 Å². The van der Waals surface area contributed by atoms with Crippen molar-refractivity contribution in [1.29, 1.82) is 0 Å². The lowest BCUT2D eigenvalue weighted by molar-refractivity contribution is -0.145. The molecule has 26 heavy (non-hydrogen) atoms. The average molecular weight is 362 g/mol. The van der Waals surface area contributed by atoms with E-state index in [1.807, 2.05) is 24.3 Å². The molecule has 140 valence electrons. The summed E-state index contributed by atoms with van der Waals surface area (Å²) in [6.45, 7) is 0.947. The molecule has 2 amide bonds. The number of aromatic nitrogens is 1. The number of nitrogens with two attached hydrogens (primary N) is 1. The van der Waals surface area contributed by atoms with Crippen LogP contribution in [0.25, 0.3) is 10.9 Å². The molecular formula is C17H22N4O5. The number of rotatable bonds is 8. The van der Waals surface area contributed by atoms with Gasteiger partial charge in [0.1, 0.15) is 6.04 Å². The molecule has 2 aromatic rings. The van der Waals surface area contributed by atoms with Gasteiger partial charge in [-0.25, -0.2) is 4.79 Å². The van der Waals surface area contributed by atoms with Crippen molar-refractivity contribution in [1.82, 2.24) is 15.6 Å². The Balaban J connectivity index is 2.23. The van der Waals surface area contributed by atoms with Gasteiger partial charge in [0.15, 0.2) is 6.04 Å². The van der Waals surface area contributed by atoms with Gasteiger partial charge in [-0.15, -0.1) is 0 Å². The number of aliphatic hydroxyl groups excluding tert-OH is 1. The van der Waals surface area contributed by atoms with Crippen LogP contribution in [-0.4, -0.2) is 57.7 Å². The number of benzene rings is 1. The van der Waals surface area contributed by atoms with Gasteiger partial charge in [-0.3, -0.25) is 9.59 Å². The van der Waals surface area contributed by atoms with Crippen LogP contribution in [0.2, 0.25) is 0 Å². The van der Waals surface area contributed by atoms with Crippen molar-refractivity contribution in [2.45, 2.75) is 31.5 Å². The molecule has 1 aromatic heterocycles. The summed E-state index contributed by atoms with van der Waals surface area (Å²) in [7, 11) is 0. The minimum Gasteiger partial charge on any atom is -0.480 e. The van der Waals surface area contributed by atoms with Crippen molar-refractivity contribution < 1.29 is 24.6 Å². The first-order valence-electron chi connectivity index (χ1n) is 8.09. The third-order valence-electron chi connectivity index (χ3n) is 3.98. The van der Waals surface area contributed by atoms with Crippen LogP contribution in [0.1, 0.15) is 12.5 Å². The number of carboxylic acids is 1. The fourth-order valence-corrected chi connectivity index (χ4v) is 2.63. The molecule has 9 nitrogen and oxygen atoms in total. The van der Waals surface area contributed by atoms with Crippen LogP contribution in [0, 0.1) is 0 Å². The van der Waals surface area contributed by atoms with E-state index in [9.17, 15) is 19.5 Å². The second kappa shape index (κ2) is 8.45. The zero-order valence-electron chi connectivity index (χ0n) is 14.2. The van der Waals surface area contributed by atoms with E-state index >= 15 is 0 Å². The first-order chi connectivity index (χ1) is 12.3. The monoisotopic (exact) mass is 362 g/mol. The predicted molar refractivity (Wildman–Crippen MR) is 94.2 cm³/mol. The molecule has 0 saturated heterocycles. The van der Waals surface area contributed by atoms with Gasteiger partial charge in [0.2, 0.25) is 11.8 Å². The number of nitrogens with one attached hydrogen (secondary N) is 3. The van der Waals surface area contributed by atoms with Crippen LogP contribution in [0.3, 0.4) is 0 Å². The van der Waals surface area contributed by atoms with Gasteiger partial charge in [-0.05, 0) is 18.6 Å². The Bertz CT molecular complexity index is 801. The minimum atomic E-state index is -1.48. The number of carbonyl (C=O) groups excluding carboxylic acids is 2. The highest BCUT2D eigenvalue weighted by atomic mass is 16.4. The second-order valence-corrected chi connectivity index (χ2v) is 5.95. The minimum absolute atomic E-state index is 0.133. The van der Waals surface area contributed by atoms with Crippen molar-refractivity contribution >= 4 is 28.7 Å². The van der Waals surface area contributed by atoms with E-state index in [1.165, 1.54) is 6.92 Å². The highest BCUT2D eigenvalue weighted by Gasteiger charge is 2.29. The largest absolute Gasteiger partial charge is 0.480 e. The number of fused-ring (bicyclic) bond motifs is 1. The molecule has 0 bridgehead atoms. The Morgan fingerprint density at radius 2 is 1.92 bits per heavy atom. The van der Waals surface area contributed by atoms with Gasteiger partial charge in [0.05, 0.1) is 12.6 Å². The van der Waals surface area contributed by atoms with Gasteiger partial charge in [-0.2, -0.15) is 0 Å². The van der Waals surface area contributed by atoms with Crippen molar-refractivity contribution in [2.24, 2.45) is 5.73 Å². The number of amides is 2. The van der Waals surface area contributed by atoms with Crippen molar-refractivity contribution in [3.8, 4) is 0 Å². The van der Waals surface area contributed by atoms with E-state index in [0.717, 1.165) is 16.5 Å². The van der Waals surface area contributed by atoms with Gasteiger partial charge in [-0.1, -0.05) is 18.2 Å². The van der Waals surface area contributed by atoms with Gasteiger partial charge in [0, 0.05) is 23.5 Å². The standard InChI is InChI=1S/C17H22N4O5/c1-9(22)15(17(25)26)21-16(24)13(20-14(23)7-18)6-10-8-19-12-5-3-2-4-11(10)12/h2-5,8-9,13,15,19,22H,6-7,18H2,1H3,(H,20,23)(H,21,24)(H,25,26)/t9-,13+,15+/m1/s1. The third kappa shape index (κ3) is 4.58. The van der Waals surface area contributed by atoms with E-state index in [-0.39, 0.29) is 13.0 Å². The molecule has 0 spiro atoms. The smallest absolute Gasteiger partial charge is 0.328 e. The van der Waals surface area contributed by atoms with Crippen LogP contribution < -0.4 is 16.4 Å². The summed E-state index contributed by atoms with van der Waals surface area (Å²) in [6, 6.07) is 4.94. The van der Waals surface area contributed by atoms with Crippen LogP contribution in [0.15, 0.2) is 30.5 Å². The van der Waals surface area contributed by atoms with Crippen LogP contribution in [-0.2, 0) is 20.8 Å². The predicted octanol–water partition coefficient (Wildman–Crippen LogP) is -0.896. The number of aliphatic hydroxyl groups is 1. The molecule has 2 rings (SSSR count). The van der Waals surface area contributed by atoms with Gasteiger partial charge in [0.25, 0.3) is 0 Å².